The quantitative estimate of drug-likeness (QED) is 0.558. The van der Waals surface area contributed by atoms with E-state index in [9.17, 15) is 17.6 Å². The van der Waals surface area contributed by atoms with Crippen LogP contribution in [0.25, 0.3) is 11.4 Å². The number of hydrogen-bond donors (Lipinski definition) is 0. The Hall–Kier alpha value is -0.770. The third-order valence-electron chi connectivity index (χ3n) is 1.93. The fourth-order valence-electron chi connectivity index (χ4n) is 1.26. The molecular formula is C9H3F4IN2S. The van der Waals surface area contributed by atoms with Crippen LogP contribution in [0.15, 0.2) is 18.2 Å². The Balaban J connectivity index is 2.63. The minimum Gasteiger partial charge on any atom is -0.209 e. The number of nitrogens with zero attached hydrogens (tertiary/aromatic N) is 2. The molecule has 0 saturated heterocycles. The van der Waals surface area contributed by atoms with Gasteiger partial charge in [-0.3, -0.25) is 0 Å². The smallest absolute Gasteiger partial charge is 0.209 e. The van der Waals surface area contributed by atoms with E-state index in [1.54, 1.807) is 0 Å². The highest BCUT2D eigenvalue weighted by molar-refractivity contribution is 14.1. The molecule has 0 radical (unpaired) electrons. The van der Waals surface area contributed by atoms with E-state index in [1.807, 2.05) is 22.6 Å². The summed E-state index contributed by atoms with van der Waals surface area (Å²) in [5, 5.41) is 0. The molecule has 2 nitrogen and oxygen atoms in total. The molecule has 0 saturated carbocycles. The van der Waals surface area contributed by atoms with Gasteiger partial charge < -0.3 is 0 Å². The van der Waals surface area contributed by atoms with Crippen molar-refractivity contribution in [3.63, 3.8) is 0 Å². The number of aromatic nitrogens is 2. The van der Waals surface area contributed by atoms with E-state index in [1.165, 1.54) is 0 Å². The predicted molar refractivity (Wildman–Crippen MR) is 63.0 cm³/mol. The molecule has 0 atom stereocenters. The van der Waals surface area contributed by atoms with Gasteiger partial charge in [0.1, 0.15) is 5.82 Å². The molecule has 0 fully saturated rings. The van der Waals surface area contributed by atoms with Crippen LogP contribution in [0.2, 0.25) is 0 Å². The molecule has 0 aliphatic rings. The summed E-state index contributed by atoms with van der Waals surface area (Å²) in [6, 6.07) is 2.25. The van der Waals surface area contributed by atoms with E-state index in [-0.39, 0.29) is 11.4 Å². The van der Waals surface area contributed by atoms with Crippen LogP contribution in [0.1, 0.15) is 5.56 Å². The van der Waals surface area contributed by atoms with Gasteiger partial charge in [-0.05, 0) is 52.3 Å². The molecule has 2 rings (SSSR count). The van der Waals surface area contributed by atoms with Crippen LogP contribution in [0.5, 0.6) is 0 Å². The van der Waals surface area contributed by atoms with Crippen molar-refractivity contribution in [2.24, 2.45) is 0 Å². The molecular weight excluding hydrogens is 371 g/mol. The maximum Gasteiger partial charge on any atom is 0.417 e. The molecule has 0 aliphatic heterocycles. The van der Waals surface area contributed by atoms with Crippen LogP contribution < -0.4 is 0 Å². The fraction of sp³-hybridized carbons (Fsp3) is 0.111. The van der Waals surface area contributed by atoms with Crippen molar-refractivity contribution in [1.29, 1.82) is 0 Å². The highest BCUT2D eigenvalue weighted by Gasteiger charge is 2.34. The Labute approximate surface area is 111 Å². The van der Waals surface area contributed by atoms with Crippen molar-refractivity contribution < 1.29 is 17.6 Å². The highest BCUT2D eigenvalue weighted by Crippen LogP contribution is 2.36. The van der Waals surface area contributed by atoms with E-state index >= 15 is 0 Å². The largest absolute Gasteiger partial charge is 0.417 e. The van der Waals surface area contributed by atoms with Gasteiger partial charge in [-0.15, -0.1) is 0 Å². The Morgan fingerprint density at radius 2 is 1.94 bits per heavy atom. The summed E-state index contributed by atoms with van der Waals surface area (Å²) in [5.41, 5.74) is -1.27. The van der Waals surface area contributed by atoms with Gasteiger partial charge >= 0.3 is 6.18 Å². The standard InChI is InChI=1S/C9H3F4IN2S/c10-4-1-2-6(9(11,12)13)5(3-4)7-15-8(14)17-16-7/h1-3H. The second-order valence-electron chi connectivity index (χ2n) is 3.06. The average molecular weight is 374 g/mol. The Kier molecular flexibility index (Phi) is 3.34. The van der Waals surface area contributed by atoms with E-state index < -0.39 is 17.6 Å². The van der Waals surface area contributed by atoms with Gasteiger partial charge in [-0.1, -0.05) is 0 Å². The Bertz CT molecular complexity index is 552. The van der Waals surface area contributed by atoms with Gasteiger partial charge in [-0.25, -0.2) is 9.37 Å². The molecule has 90 valence electrons. The van der Waals surface area contributed by atoms with Crippen molar-refractivity contribution in [3.05, 3.63) is 32.6 Å². The first kappa shape index (κ1) is 12.7. The van der Waals surface area contributed by atoms with Gasteiger partial charge in [0.25, 0.3) is 0 Å². The molecule has 1 aromatic heterocycles. The van der Waals surface area contributed by atoms with Crippen LogP contribution in [0, 0.1) is 8.83 Å². The monoisotopic (exact) mass is 374 g/mol. The van der Waals surface area contributed by atoms with Gasteiger partial charge in [0.2, 0.25) is 0 Å². The van der Waals surface area contributed by atoms with Crippen LogP contribution >= 0.6 is 34.1 Å². The summed E-state index contributed by atoms with van der Waals surface area (Å²) in [5.74, 6) is -0.857. The molecule has 2 aromatic rings. The molecule has 1 aromatic carbocycles. The molecule has 0 N–H and O–H groups in total. The first-order valence-electron chi connectivity index (χ1n) is 4.24. The van der Waals surface area contributed by atoms with Gasteiger partial charge in [0.15, 0.2) is 8.84 Å². The number of benzene rings is 1. The molecule has 0 spiro atoms. The lowest BCUT2D eigenvalue weighted by molar-refractivity contribution is -0.137. The molecule has 0 aliphatic carbocycles. The van der Waals surface area contributed by atoms with Crippen LogP contribution in [0.4, 0.5) is 17.6 Å². The molecule has 0 amide bonds. The lowest BCUT2D eigenvalue weighted by Crippen LogP contribution is -2.07. The molecule has 0 unspecified atom stereocenters. The van der Waals surface area contributed by atoms with Crippen molar-refractivity contribution >= 4 is 34.1 Å². The number of rotatable bonds is 1. The van der Waals surface area contributed by atoms with Crippen LogP contribution in [-0.2, 0) is 6.18 Å². The Morgan fingerprint density at radius 1 is 1.24 bits per heavy atom. The van der Waals surface area contributed by atoms with Crippen molar-refractivity contribution in [2.45, 2.75) is 6.18 Å². The minimum absolute atomic E-state index is 0.105. The van der Waals surface area contributed by atoms with Crippen LogP contribution in [-0.4, -0.2) is 9.36 Å². The van der Waals surface area contributed by atoms with Crippen molar-refractivity contribution in [2.75, 3.05) is 0 Å². The van der Waals surface area contributed by atoms with E-state index in [0.29, 0.717) is 9.08 Å². The van der Waals surface area contributed by atoms with Gasteiger partial charge in [0, 0.05) is 5.56 Å². The molecule has 17 heavy (non-hydrogen) atoms. The minimum atomic E-state index is -4.56. The summed E-state index contributed by atoms with van der Waals surface area (Å²) in [7, 11) is 0. The predicted octanol–water partition coefficient (Wildman–Crippen LogP) is 3.97. The van der Waals surface area contributed by atoms with Crippen molar-refractivity contribution in [3.8, 4) is 11.4 Å². The second kappa shape index (κ2) is 4.48. The summed E-state index contributed by atoms with van der Waals surface area (Å²) < 4.78 is 55.3. The Morgan fingerprint density at radius 3 is 2.47 bits per heavy atom. The molecule has 8 heteroatoms. The van der Waals surface area contributed by atoms with E-state index in [0.717, 1.165) is 23.7 Å². The number of hydrogen-bond acceptors (Lipinski definition) is 3. The summed E-state index contributed by atoms with van der Waals surface area (Å²) >= 11 is 2.80. The SMILES string of the molecule is Fc1ccc(C(F)(F)F)c(-c2nsc(I)n2)c1. The normalized spacial score (nSPS) is 11.8. The fourth-order valence-corrected chi connectivity index (χ4v) is 2.22. The lowest BCUT2D eigenvalue weighted by Gasteiger charge is -2.10. The molecule has 0 bridgehead atoms. The third kappa shape index (κ3) is 2.73. The first-order chi connectivity index (χ1) is 7.88. The highest BCUT2D eigenvalue weighted by atomic mass is 127. The topological polar surface area (TPSA) is 25.8 Å². The summed E-state index contributed by atoms with van der Waals surface area (Å²) in [4.78, 5) is 3.82. The van der Waals surface area contributed by atoms with E-state index in [2.05, 4.69) is 9.36 Å². The maximum atomic E-state index is 13.0. The zero-order chi connectivity index (χ0) is 12.6. The second-order valence-corrected chi connectivity index (χ2v) is 5.56. The number of alkyl halides is 3. The van der Waals surface area contributed by atoms with Crippen LogP contribution in [0.3, 0.4) is 0 Å². The summed E-state index contributed by atoms with van der Waals surface area (Å²) in [6.45, 7) is 0. The molecule has 1 heterocycles. The zero-order valence-corrected chi connectivity index (χ0v) is 10.9. The van der Waals surface area contributed by atoms with Crippen molar-refractivity contribution in [1.82, 2.24) is 9.36 Å². The lowest BCUT2D eigenvalue weighted by atomic mass is 10.1. The zero-order valence-electron chi connectivity index (χ0n) is 7.92. The van der Waals surface area contributed by atoms with E-state index in [4.69, 9.17) is 0 Å². The summed E-state index contributed by atoms with van der Waals surface area (Å²) in [6.07, 6.45) is -4.56. The van der Waals surface area contributed by atoms with Gasteiger partial charge in [0.05, 0.1) is 5.56 Å². The maximum absolute atomic E-state index is 13.0. The van der Waals surface area contributed by atoms with Gasteiger partial charge in [-0.2, -0.15) is 17.5 Å². The average Bonchev–Trinajstić information content (AvgIpc) is 2.62. The number of halogens is 5. The first-order valence-corrected chi connectivity index (χ1v) is 6.09. The third-order valence-corrected chi connectivity index (χ3v) is 3.27.